The first kappa shape index (κ1) is 25.6. The Morgan fingerprint density at radius 1 is 1.08 bits per heavy atom. The number of nitriles is 1. The van der Waals surface area contributed by atoms with Gasteiger partial charge in [0.25, 0.3) is 5.91 Å². The Bertz CT molecular complexity index is 1430. The molecule has 0 saturated carbocycles. The lowest BCUT2D eigenvalue weighted by molar-refractivity contribution is -0.113. The van der Waals surface area contributed by atoms with Crippen molar-refractivity contribution in [3.05, 3.63) is 112 Å². The summed E-state index contributed by atoms with van der Waals surface area (Å²) in [5, 5.41) is 27.0. The minimum Gasteiger partial charge on any atom is -0.504 e. The Balaban J connectivity index is 1.73. The predicted octanol–water partition coefficient (Wildman–Crippen LogP) is 5.35. The molecule has 0 fully saturated rings. The second kappa shape index (κ2) is 11.5. The molecule has 0 aliphatic carbocycles. The molecule has 1 heterocycles. The molecule has 0 unspecified atom stereocenters. The largest absolute Gasteiger partial charge is 0.504 e. The van der Waals surface area contributed by atoms with Gasteiger partial charge < -0.3 is 20.5 Å². The number of carbonyl (C=O) groups is 2. The fraction of sp³-hybridized carbons (Fsp3) is 0.138. The number of rotatable bonds is 8. The normalized spacial score (nSPS) is 15.0. The van der Waals surface area contributed by atoms with Crippen molar-refractivity contribution in [2.45, 2.75) is 12.8 Å². The highest BCUT2D eigenvalue weighted by atomic mass is 32.2. The van der Waals surface area contributed by atoms with Gasteiger partial charge in [-0.1, -0.05) is 66.4 Å². The van der Waals surface area contributed by atoms with E-state index in [1.165, 1.54) is 24.9 Å². The van der Waals surface area contributed by atoms with Crippen molar-refractivity contribution in [2.75, 3.05) is 18.2 Å². The predicted molar refractivity (Wildman–Crippen MR) is 144 cm³/mol. The number of nitrogens with one attached hydrogen (secondary N) is 2. The zero-order chi connectivity index (χ0) is 26.4. The Morgan fingerprint density at radius 3 is 2.41 bits per heavy atom. The molecule has 7 nitrogen and oxygen atoms in total. The van der Waals surface area contributed by atoms with Crippen LogP contribution in [0.4, 0.5) is 5.69 Å². The molecule has 1 amide bonds. The minimum atomic E-state index is -0.751. The van der Waals surface area contributed by atoms with Crippen LogP contribution in [0.15, 0.2) is 101 Å². The number of dihydropyridines is 1. The summed E-state index contributed by atoms with van der Waals surface area (Å²) >= 11 is 1.22. The van der Waals surface area contributed by atoms with Gasteiger partial charge in [-0.05, 0) is 36.8 Å². The smallest absolute Gasteiger partial charge is 0.254 e. The van der Waals surface area contributed by atoms with E-state index in [2.05, 4.69) is 16.7 Å². The fourth-order valence-corrected chi connectivity index (χ4v) is 5.09. The number of para-hydroxylation sites is 1. The van der Waals surface area contributed by atoms with Crippen LogP contribution < -0.4 is 15.4 Å². The number of benzene rings is 3. The molecule has 3 N–H and O–H groups in total. The van der Waals surface area contributed by atoms with E-state index in [0.717, 1.165) is 0 Å². The van der Waals surface area contributed by atoms with Crippen molar-refractivity contribution in [2.24, 2.45) is 0 Å². The van der Waals surface area contributed by atoms with Gasteiger partial charge in [-0.15, -0.1) is 0 Å². The molecule has 1 aliphatic heterocycles. The first-order chi connectivity index (χ1) is 17.9. The summed E-state index contributed by atoms with van der Waals surface area (Å²) in [7, 11) is 1.43. The van der Waals surface area contributed by atoms with Crippen LogP contribution in [0.5, 0.6) is 11.5 Å². The van der Waals surface area contributed by atoms with Crippen molar-refractivity contribution in [3.63, 3.8) is 0 Å². The Kier molecular flexibility index (Phi) is 7.96. The second-order valence-electron chi connectivity index (χ2n) is 8.28. The van der Waals surface area contributed by atoms with Gasteiger partial charge in [0.1, 0.15) is 0 Å². The maximum atomic E-state index is 13.5. The summed E-state index contributed by atoms with van der Waals surface area (Å²) in [6.45, 7) is 1.76. The lowest BCUT2D eigenvalue weighted by Crippen LogP contribution is -2.31. The van der Waals surface area contributed by atoms with Gasteiger partial charge in [0, 0.05) is 22.5 Å². The van der Waals surface area contributed by atoms with Crippen molar-refractivity contribution < 1.29 is 19.4 Å². The van der Waals surface area contributed by atoms with Crippen molar-refractivity contribution >= 4 is 29.1 Å². The lowest BCUT2D eigenvalue weighted by Gasteiger charge is -2.30. The number of hydrogen-bond acceptors (Lipinski definition) is 7. The van der Waals surface area contributed by atoms with Crippen molar-refractivity contribution in [1.29, 1.82) is 5.26 Å². The number of ketones is 1. The molecule has 4 rings (SSSR count). The van der Waals surface area contributed by atoms with Crippen molar-refractivity contribution in [1.82, 2.24) is 5.32 Å². The van der Waals surface area contributed by atoms with E-state index >= 15 is 0 Å². The van der Waals surface area contributed by atoms with E-state index < -0.39 is 5.92 Å². The molecule has 37 heavy (non-hydrogen) atoms. The third-order valence-corrected chi connectivity index (χ3v) is 6.92. The van der Waals surface area contributed by atoms with E-state index in [4.69, 9.17) is 4.74 Å². The molecule has 3 aromatic rings. The summed E-state index contributed by atoms with van der Waals surface area (Å²) in [6.07, 6.45) is 0. The molecular formula is C29H25N3O4S. The average Bonchev–Trinajstić information content (AvgIpc) is 2.92. The van der Waals surface area contributed by atoms with E-state index in [0.29, 0.717) is 38.7 Å². The maximum absolute atomic E-state index is 13.5. The van der Waals surface area contributed by atoms with Crippen LogP contribution >= 0.6 is 11.8 Å². The van der Waals surface area contributed by atoms with Crippen LogP contribution in [-0.4, -0.2) is 29.7 Å². The average molecular weight is 512 g/mol. The Labute approximate surface area is 219 Å². The Morgan fingerprint density at radius 2 is 1.76 bits per heavy atom. The van der Waals surface area contributed by atoms with E-state index in [1.807, 2.05) is 24.3 Å². The molecule has 0 aromatic heterocycles. The number of methoxy groups -OCH3 is 1. The van der Waals surface area contributed by atoms with E-state index in [-0.39, 0.29) is 28.9 Å². The molecule has 186 valence electrons. The molecule has 0 bridgehead atoms. The summed E-state index contributed by atoms with van der Waals surface area (Å²) in [5.74, 6) is -0.912. The molecule has 3 aromatic carbocycles. The first-order valence-corrected chi connectivity index (χ1v) is 12.5. The summed E-state index contributed by atoms with van der Waals surface area (Å²) in [4.78, 5) is 26.3. The van der Waals surface area contributed by atoms with Gasteiger partial charge >= 0.3 is 0 Å². The van der Waals surface area contributed by atoms with Gasteiger partial charge in [0.05, 0.1) is 35.5 Å². The van der Waals surface area contributed by atoms with Crippen LogP contribution in [0.2, 0.25) is 0 Å². The summed E-state index contributed by atoms with van der Waals surface area (Å²) in [5.41, 5.74) is 3.00. The number of thioether (sulfide) groups is 1. The number of nitrogens with zero attached hydrogens (tertiary/aromatic N) is 1. The molecular weight excluding hydrogens is 486 g/mol. The molecule has 0 saturated heterocycles. The molecule has 8 heteroatoms. The number of phenols is 1. The molecule has 1 atom stereocenters. The third-order valence-electron chi connectivity index (χ3n) is 5.90. The maximum Gasteiger partial charge on any atom is 0.254 e. The number of aromatic hydroxyl groups is 1. The number of hydrogen-bond donors (Lipinski definition) is 3. The number of anilines is 1. The number of ether oxygens (including phenoxy) is 1. The van der Waals surface area contributed by atoms with Gasteiger partial charge in [0.15, 0.2) is 17.3 Å². The van der Waals surface area contributed by atoms with Crippen LogP contribution in [0.3, 0.4) is 0 Å². The van der Waals surface area contributed by atoms with Gasteiger partial charge in [0.2, 0.25) is 0 Å². The highest BCUT2D eigenvalue weighted by Crippen LogP contribution is 2.43. The van der Waals surface area contributed by atoms with Crippen LogP contribution in [0, 0.1) is 11.3 Å². The number of Topliss-reactive ketones (excluding diaryl/α,β-unsaturated/α-hetero) is 1. The lowest BCUT2D eigenvalue weighted by atomic mass is 9.82. The van der Waals surface area contributed by atoms with Gasteiger partial charge in [-0.2, -0.15) is 5.26 Å². The zero-order valence-corrected chi connectivity index (χ0v) is 21.1. The number of allylic oxidation sites excluding steroid dienone is 2. The molecule has 1 aliphatic rings. The fourth-order valence-electron chi connectivity index (χ4n) is 4.10. The highest BCUT2D eigenvalue weighted by Gasteiger charge is 2.35. The molecule has 0 spiro atoms. The highest BCUT2D eigenvalue weighted by molar-refractivity contribution is 8.03. The summed E-state index contributed by atoms with van der Waals surface area (Å²) in [6, 6.07) is 25.0. The Hall–Kier alpha value is -4.48. The van der Waals surface area contributed by atoms with Crippen LogP contribution in [0.1, 0.15) is 28.8 Å². The zero-order valence-electron chi connectivity index (χ0n) is 20.3. The van der Waals surface area contributed by atoms with E-state index in [9.17, 15) is 20.0 Å². The number of amides is 1. The topological polar surface area (TPSA) is 111 Å². The minimum absolute atomic E-state index is 0.0540. The summed E-state index contributed by atoms with van der Waals surface area (Å²) < 4.78 is 5.29. The molecule has 0 radical (unpaired) electrons. The van der Waals surface area contributed by atoms with Crippen molar-refractivity contribution in [3.8, 4) is 17.6 Å². The van der Waals surface area contributed by atoms with Crippen LogP contribution in [-0.2, 0) is 4.79 Å². The first-order valence-electron chi connectivity index (χ1n) is 11.5. The number of phenolic OH excluding ortho intramolecular Hbond substituents is 1. The number of carbonyl (C=O) groups excluding carboxylic acids is 2. The van der Waals surface area contributed by atoms with E-state index in [1.54, 1.807) is 55.5 Å². The standard InChI is InChI=1S/C29H25N3O4S/c1-18-26(28(35)32-21-11-7-4-8-12-21)27(20-13-14-23(33)25(15-20)36-2)22(16-30)29(31-18)37-17-24(34)19-9-5-3-6-10-19/h3-15,27,31,33H,17H2,1-2H3,(H,32,35)/t27-/m0/s1. The monoisotopic (exact) mass is 511 g/mol. The third kappa shape index (κ3) is 5.68. The second-order valence-corrected chi connectivity index (χ2v) is 9.27. The quantitative estimate of drug-likeness (QED) is 0.350. The van der Waals surface area contributed by atoms with Gasteiger partial charge in [-0.25, -0.2) is 0 Å². The SMILES string of the molecule is COc1cc([C@H]2C(C#N)=C(SCC(=O)c3ccccc3)NC(C)=C2C(=O)Nc2ccccc2)ccc1O. The van der Waals surface area contributed by atoms with Crippen LogP contribution in [0.25, 0.3) is 0 Å². The van der Waals surface area contributed by atoms with Gasteiger partial charge in [-0.3, -0.25) is 9.59 Å².